The van der Waals surface area contributed by atoms with Crippen LogP contribution in [0.1, 0.15) is 46.0 Å². The Hall–Kier alpha value is -0.0400. The second kappa shape index (κ2) is 4.86. The molecule has 0 radical (unpaired) electrons. The predicted octanol–water partition coefficient (Wildman–Crippen LogP) is 3.24. The highest BCUT2D eigenvalue weighted by atomic mass is 16.5. The van der Waals surface area contributed by atoms with E-state index >= 15 is 0 Å². The molecule has 0 aromatic carbocycles. The summed E-state index contributed by atoms with van der Waals surface area (Å²) < 4.78 is 5.33. The Morgan fingerprint density at radius 3 is 2.58 bits per heavy atom. The first-order valence-electron chi connectivity index (χ1n) is 5.32. The van der Waals surface area contributed by atoms with Gasteiger partial charge < -0.3 is 4.74 Å². The third-order valence-corrected chi connectivity index (χ3v) is 3.35. The van der Waals surface area contributed by atoms with Crippen molar-refractivity contribution in [1.29, 1.82) is 0 Å². The van der Waals surface area contributed by atoms with Crippen molar-refractivity contribution in [2.45, 2.75) is 52.1 Å². The number of hydrogen-bond donors (Lipinski definition) is 0. The van der Waals surface area contributed by atoms with E-state index in [1.807, 2.05) is 7.11 Å². The van der Waals surface area contributed by atoms with E-state index in [0.717, 1.165) is 11.8 Å². The van der Waals surface area contributed by atoms with E-state index < -0.39 is 0 Å². The molecule has 1 nitrogen and oxygen atoms in total. The predicted molar refractivity (Wildman–Crippen MR) is 52.2 cm³/mol. The maximum atomic E-state index is 5.33. The van der Waals surface area contributed by atoms with Gasteiger partial charge in [-0.05, 0) is 18.3 Å². The van der Waals surface area contributed by atoms with Crippen molar-refractivity contribution >= 4 is 0 Å². The van der Waals surface area contributed by atoms with E-state index in [2.05, 4.69) is 13.8 Å². The Morgan fingerprint density at radius 1 is 1.33 bits per heavy atom. The summed E-state index contributed by atoms with van der Waals surface area (Å²) in [5.41, 5.74) is 0. The zero-order chi connectivity index (χ0) is 8.97. The average Bonchev–Trinajstić information content (AvgIpc) is 2.09. The minimum Gasteiger partial charge on any atom is -0.381 e. The van der Waals surface area contributed by atoms with Crippen molar-refractivity contribution in [3.05, 3.63) is 0 Å². The highest BCUT2D eigenvalue weighted by Gasteiger charge is 2.36. The molecule has 1 aliphatic rings. The van der Waals surface area contributed by atoms with Crippen LogP contribution in [0, 0.1) is 11.8 Å². The molecule has 0 bridgehead atoms. The Bertz CT molecular complexity index is 122. The Labute approximate surface area is 76.5 Å². The standard InChI is InChI=1S/C11H22O/c1-4-5-6-7-10-8-11(12-3)9(10)2/h9-11H,4-8H2,1-3H3. The van der Waals surface area contributed by atoms with Gasteiger partial charge in [-0.15, -0.1) is 0 Å². The van der Waals surface area contributed by atoms with Crippen molar-refractivity contribution < 1.29 is 4.74 Å². The molecule has 1 aliphatic carbocycles. The summed E-state index contributed by atoms with van der Waals surface area (Å²) in [5.74, 6) is 1.77. The van der Waals surface area contributed by atoms with Crippen molar-refractivity contribution in [2.75, 3.05) is 7.11 Å². The van der Waals surface area contributed by atoms with Crippen LogP contribution in [0.2, 0.25) is 0 Å². The molecule has 1 heteroatoms. The summed E-state index contributed by atoms with van der Waals surface area (Å²) >= 11 is 0. The molecule has 12 heavy (non-hydrogen) atoms. The highest BCUT2D eigenvalue weighted by Crippen LogP contribution is 2.39. The van der Waals surface area contributed by atoms with Crippen molar-refractivity contribution in [1.82, 2.24) is 0 Å². The van der Waals surface area contributed by atoms with Crippen LogP contribution in [0.4, 0.5) is 0 Å². The van der Waals surface area contributed by atoms with Gasteiger partial charge in [0.25, 0.3) is 0 Å². The zero-order valence-corrected chi connectivity index (χ0v) is 8.68. The number of ether oxygens (including phenoxy) is 1. The van der Waals surface area contributed by atoms with Crippen molar-refractivity contribution in [2.24, 2.45) is 11.8 Å². The topological polar surface area (TPSA) is 9.23 Å². The first-order chi connectivity index (χ1) is 5.79. The molecule has 1 fully saturated rings. The highest BCUT2D eigenvalue weighted by molar-refractivity contribution is 4.86. The van der Waals surface area contributed by atoms with E-state index in [-0.39, 0.29) is 0 Å². The summed E-state index contributed by atoms with van der Waals surface area (Å²) in [6.45, 7) is 4.59. The number of hydrogen-bond acceptors (Lipinski definition) is 1. The summed E-state index contributed by atoms with van der Waals surface area (Å²) in [4.78, 5) is 0. The maximum absolute atomic E-state index is 5.33. The van der Waals surface area contributed by atoms with Gasteiger partial charge in [0, 0.05) is 7.11 Å². The van der Waals surface area contributed by atoms with Crippen LogP contribution in [-0.4, -0.2) is 13.2 Å². The molecule has 0 amide bonds. The van der Waals surface area contributed by atoms with Crippen LogP contribution in [0.25, 0.3) is 0 Å². The van der Waals surface area contributed by atoms with Crippen LogP contribution in [0.15, 0.2) is 0 Å². The van der Waals surface area contributed by atoms with E-state index in [0.29, 0.717) is 6.10 Å². The smallest absolute Gasteiger partial charge is 0.0602 e. The van der Waals surface area contributed by atoms with Gasteiger partial charge in [-0.2, -0.15) is 0 Å². The fraction of sp³-hybridized carbons (Fsp3) is 1.00. The Morgan fingerprint density at radius 2 is 2.08 bits per heavy atom. The van der Waals surface area contributed by atoms with Crippen LogP contribution in [-0.2, 0) is 4.74 Å². The Kier molecular flexibility index (Phi) is 4.07. The van der Waals surface area contributed by atoms with Gasteiger partial charge in [-0.25, -0.2) is 0 Å². The van der Waals surface area contributed by atoms with Gasteiger partial charge in [-0.3, -0.25) is 0 Å². The van der Waals surface area contributed by atoms with Crippen molar-refractivity contribution in [3.63, 3.8) is 0 Å². The lowest BCUT2D eigenvalue weighted by molar-refractivity contribution is -0.0577. The fourth-order valence-electron chi connectivity index (χ4n) is 2.18. The second-order valence-corrected chi connectivity index (χ2v) is 4.12. The largest absolute Gasteiger partial charge is 0.381 e. The molecule has 3 atom stereocenters. The van der Waals surface area contributed by atoms with Gasteiger partial charge in [0.15, 0.2) is 0 Å². The summed E-state index contributed by atoms with van der Waals surface area (Å²) in [6, 6.07) is 0. The third-order valence-electron chi connectivity index (χ3n) is 3.35. The van der Waals surface area contributed by atoms with Crippen LogP contribution in [0.5, 0.6) is 0 Å². The van der Waals surface area contributed by atoms with E-state index in [4.69, 9.17) is 4.74 Å². The van der Waals surface area contributed by atoms with Crippen molar-refractivity contribution in [3.8, 4) is 0 Å². The quantitative estimate of drug-likeness (QED) is 0.575. The maximum Gasteiger partial charge on any atom is 0.0602 e. The summed E-state index contributed by atoms with van der Waals surface area (Å²) in [7, 11) is 1.84. The second-order valence-electron chi connectivity index (χ2n) is 4.12. The summed E-state index contributed by atoms with van der Waals surface area (Å²) in [5, 5.41) is 0. The molecule has 0 aromatic rings. The molecule has 0 heterocycles. The lowest BCUT2D eigenvalue weighted by atomic mass is 9.70. The lowest BCUT2D eigenvalue weighted by Crippen LogP contribution is -2.40. The van der Waals surface area contributed by atoms with E-state index in [1.165, 1.54) is 32.1 Å². The molecule has 0 N–H and O–H groups in total. The molecule has 1 rings (SSSR count). The van der Waals surface area contributed by atoms with Gasteiger partial charge in [0.1, 0.15) is 0 Å². The fourth-order valence-corrected chi connectivity index (χ4v) is 2.18. The molecular formula is C11H22O. The Balaban J connectivity index is 2.05. The summed E-state index contributed by atoms with van der Waals surface area (Å²) in [6.07, 6.45) is 7.46. The third kappa shape index (κ3) is 2.22. The van der Waals surface area contributed by atoms with Gasteiger partial charge in [0.05, 0.1) is 6.10 Å². The SMILES string of the molecule is CCCCCC1CC(OC)C1C. The number of unbranched alkanes of at least 4 members (excludes halogenated alkanes) is 2. The molecule has 1 saturated carbocycles. The molecule has 0 spiro atoms. The van der Waals surface area contributed by atoms with Gasteiger partial charge >= 0.3 is 0 Å². The number of rotatable bonds is 5. The number of methoxy groups -OCH3 is 1. The first kappa shape index (κ1) is 10.0. The first-order valence-corrected chi connectivity index (χ1v) is 5.32. The average molecular weight is 170 g/mol. The normalized spacial score (nSPS) is 34.8. The minimum atomic E-state index is 0.566. The minimum absolute atomic E-state index is 0.566. The lowest BCUT2D eigenvalue weighted by Gasteiger charge is -2.42. The monoisotopic (exact) mass is 170 g/mol. The van der Waals surface area contributed by atoms with Crippen LogP contribution >= 0.6 is 0 Å². The molecular weight excluding hydrogens is 148 g/mol. The molecule has 3 unspecified atom stereocenters. The van der Waals surface area contributed by atoms with Crippen LogP contribution in [0.3, 0.4) is 0 Å². The van der Waals surface area contributed by atoms with Gasteiger partial charge in [0.2, 0.25) is 0 Å². The molecule has 0 aromatic heterocycles. The zero-order valence-electron chi connectivity index (χ0n) is 8.68. The molecule has 0 aliphatic heterocycles. The van der Waals surface area contributed by atoms with E-state index in [1.54, 1.807) is 0 Å². The molecule has 0 saturated heterocycles. The van der Waals surface area contributed by atoms with Crippen LogP contribution < -0.4 is 0 Å². The van der Waals surface area contributed by atoms with E-state index in [9.17, 15) is 0 Å². The molecule has 72 valence electrons. The van der Waals surface area contributed by atoms with Gasteiger partial charge in [-0.1, -0.05) is 39.5 Å².